The van der Waals surface area contributed by atoms with Gasteiger partial charge in [-0.3, -0.25) is 16.3 Å². The molecule has 0 aliphatic carbocycles. The van der Waals surface area contributed by atoms with Crippen LogP contribution in [0.25, 0.3) is 0 Å². The van der Waals surface area contributed by atoms with Crippen LogP contribution >= 0.6 is 0 Å². The van der Waals surface area contributed by atoms with E-state index in [1.807, 2.05) is 80.5 Å². The van der Waals surface area contributed by atoms with Gasteiger partial charge in [0.15, 0.2) is 0 Å². The molecule has 0 aliphatic rings. The predicted molar refractivity (Wildman–Crippen MR) is 118 cm³/mol. The lowest BCUT2D eigenvalue weighted by Gasteiger charge is -2.14. The first-order chi connectivity index (χ1) is 14.0. The molecule has 150 valence electrons. The lowest BCUT2D eigenvalue weighted by atomic mass is 10.3. The van der Waals surface area contributed by atoms with E-state index in [4.69, 9.17) is 5.84 Å². The first-order valence-corrected chi connectivity index (χ1v) is 9.06. The number of nitrogens with zero attached hydrogens (tertiary/aromatic N) is 4. The van der Waals surface area contributed by atoms with Gasteiger partial charge in [-0.05, 0) is 37.3 Å². The number of aryl methyl sites for hydroxylation is 1. The van der Waals surface area contributed by atoms with Crippen molar-refractivity contribution >= 4 is 34.7 Å². The summed E-state index contributed by atoms with van der Waals surface area (Å²) in [5, 5.41) is 3.25. The molecular weight excluding hydrogens is 366 g/mol. The first-order valence-electron chi connectivity index (χ1n) is 9.06. The van der Waals surface area contributed by atoms with Gasteiger partial charge >= 0.3 is 0 Å². The van der Waals surface area contributed by atoms with Crippen LogP contribution in [0, 0.1) is 6.92 Å². The van der Waals surface area contributed by atoms with Gasteiger partial charge in [-0.1, -0.05) is 24.3 Å². The summed E-state index contributed by atoms with van der Waals surface area (Å²) in [5.74, 6) is 7.81. The smallest absolute Gasteiger partial charge is 0.230 e. The zero-order valence-electron chi connectivity index (χ0n) is 16.6. The van der Waals surface area contributed by atoms with Crippen LogP contribution in [-0.4, -0.2) is 30.0 Å². The minimum atomic E-state index is 0.342. The molecular formula is C20H25N9. The van der Waals surface area contributed by atoms with E-state index in [0.29, 0.717) is 23.4 Å². The third-order valence-electron chi connectivity index (χ3n) is 3.92. The van der Waals surface area contributed by atoms with Gasteiger partial charge in [0.1, 0.15) is 17.5 Å². The SMILES string of the molecule is Cc1nc(NNC(=Nc2cccc(N(C)C)c2)NN)cc(Nc2ccccc2)n1. The molecule has 0 saturated carbocycles. The van der Waals surface area contributed by atoms with Crippen molar-refractivity contribution in [3.05, 3.63) is 66.5 Å². The highest BCUT2D eigenvalue weighted by Gasteiger charge is 2.04. The summed E-state index contributed by atoms with van der Waals surface area (Å²) < 4.78 is 0. The number of aromatic nitrogens is 2. The van der Waals surface area contributed by atoms with Crippen molar-refractivity contribution in [2.45, 2.75) is 6.92 Å². The Morgan fingerprint density at radius 1 is 0.966 bits per heavy atom. The predicted octanol–water partition coefficient (Wildman–Crippen LogP) is 2.66. The largest absolute Gasteiger partial charge is 0.378 e. The van der Waals surface area contributed by atoms with Crippen molar-refractivity contribution in [2.24, 2.45) is 10.8 Å². The summed E-state index contributed by atoms with van der Waals surface area (Å²) in [6.45, 7) is 1.82. The molecule has 1 heterocycles. The topological polar surface area (TPSA) is 116 Å². The number of hydrogen-bond donors (Lipinski definition) is 5. The number of aliphatic imine (C=N–C) groups is 1. The van der Waals surface area contributed by atoms with Crippen molar-refractivity contribution < 1.29 is 0 Å². The molecule has 6 N–H and O–H groups in total. The Labute approximate surface area is 170 Å². The maximum Gasteiger partial charge on any atom is 0.230 e. The Hall–Kier alpha value is -3.85. The highest BCUT2D eigenvalue weighted by Crippen LogP contribution is 2.20. The number of nitrogens with two attached hydrogens (primary N) is 1. The molecule has 0 spiro atoms. The number of rotatable bonds is 6. The first kappa shape index (κ1) is 19.9. The Balaban J connectivity index is 1.71. The van der Waals surface area contributed by atoms with E-state index < -0.39 is 0 Å². The van der Waals surface area contributed by atoms with E-state index in [-0.39, 0.29) is 0 Å². The molecule has 3 aromatic rings. The van der Waals surface area contributed by atoms with E-state index in [9.17, 15) is 0 Å². The summed E-state index contributed by atoms with van der Waals surface area (Å²) >= 11 is 0. The lowest BCUT2D eigenvalue weighted by molar-refractivity contribution is 0.921. The fourth-order valence-corrected chi connectivity index (χ4v) is 2.55. The third-order valence-corrected chi connectivity index (χ3v) is 3.92. The molecule has 1 aromatic heterocycles. The molecule has 0 fully saturated rings. The van der Waals surface area contributed by atoms with Gasteiger partial charge in [0.25, 0.3) is 0 Å². The molecule has 9 nitrogen and oxygen atoms in total. The van der Waals surface area contributed by atoms with Crippen LogP contribution in [-0.2, 0) is 0 Å². The molecule has 0 saturated heterocycles. The van der Waals surface area contributed by atoms with Crippen molar-refractivity contribution in [3.8, 4) is 0 Å². The summed E-state index contributed by atoms with van der Waals surface area (Å²) in [6, 6.07) is 19.4. The van der Waals surface area contributed by atoms with E-state index in [1.54, 1.807) is 6.07 Å². The maximum atomic E-state index is 5.61. The number of hydrogen-bond acceptors (Lipinski definition) is 7. The van der Waals surface area contributed by atoms with Crippen LogP contribution in [0.5, 0.6) is 0 Å². The van der Waals surface area contributed by atoms with Crippen LogP contribution in [0.3, 0.4) is 0 Å². The van der Waals surface area contributed by atoms with Crippen molar-refractivity contribution in [1.29, 1.82) is 0 Å². The molecule has 0 unspecified atom stereocenters. The van der Waals surface area contributed by atoms with Gasteiger partial charge in [-0.15, -0.1) is 0 Å². The normalized spacial score (nSPS) is 11.0. The number of nitrogens with one attached hydrogen (secondary N) is 4. The fraction of sp³-hybridized carbons (Fsp3) is 0.150. The van der Waals surface area contributed by atoms with E-state index in [1.165, 1.54) is 0 Å². The standard InChI is InChI=1S/C20H25N9/c1-14-22-18(24-15-8-5-4-6-9-15)13-19(23-14)27-28-20(26-21)25-16-10-7-11-17(12-16)29(2)3/h4-13H,21H2,1-3H3,(H2,25,26,28)(H2,22,23,24,27). The molecule has 0 aliphatic heterocycles. The average molecular weight is 391 g/mol. The van der Waals surface area contributed by atoms with E-state index >= 15 is 0 Å². The molecule has 0 bridgehead atoms. The highest BCUT2D eigenvalue weighted by molar-refractivity contribution is 5.83. The molecule has 3 rings (SSSR count). The summed E-state index contributed by atoms with van der Waals surface area (Å²) in [6.07, 6.45) is 0. The third kappa shape index (κ3) is 5.81. The molecule has 0 amide bonds. The number of para-hydroxylation sites is 1. The molecule has 0 atom stereocenters. The minimum Gasteiger partial charge on any atom is -0.378 e. The summed E-state index contributed by atoms with van der Waals surface area (Å²) in [4.78, 5) is 15.3. The molecule has 2 aromatic carbocycles. The molecule has 29 heavy (non-hydrogen) atoms. The second-order valence-electron chi connectivity index (χ2n) is 6.45. The number of benzene rings is 2. The zero-order valence-corrected chi connectivity index (χ0v) is 16.6. The monoisotopic (exact) mass is 391 g/mol. The van der Waals surface area contributed by atoms with Crippen LogP contribution in [0.2, 0.25) is 0 Å². The maximum absolute atomic E-state index is 5.61. The van der Waals surface area contributed by atoms with Crippen LogP contribution < -0.4 is 32.3 Å². The van der Waals surface area contributed by atoms with Gasteiger partial charge in [-0.2, -0.15) is 0 Å². The highest BCUT2D eigenvalue weighted by atomic mass is 15.5. The van der Waals surface area contributed by atoms with Gasteiger partial charge in [-0.25, -0.2) is 20.8 Å². The quantitative estimate of drug-likeness (QED) is 0.189. The van der Waals surface area contributed by atoms with Crippen molar-refractivity contribution in [2.75, 3.05) is 29.7 Å². The number of hydrazine groups is 2. The summed E-state index contributed by atoms with van der Waals surface area (Å²) in [5.41, 5.74) is 11.2. The Morgan fingerprint density at radius 2 is 1.72 bits per heavy atom. The fourth-order valence-electron chi connectivity index (χ4n) is 2.55. The number of anilines is 4. The molecule has 0 radical (unpaired) electrons. The van der Waals surface area contributed by atoms with Crippen molar-refractivity contribution in [3.63, 3.8) is 0 Å². The zero-order chi connectivity index (χ0) is 20.6. The van der Waals surface area contributed by atoms with E-state index in [0.717, 1.165) is 17.1 Å². The summed E-state index contributed by atoms with van der Waals surface area (Å²) in [7, 11) is 3.95. The second kappa shape index (κ2) is 9.38. The van der Waals surface area contributed by atoms with Crippen LogP contribution in [0.1, 0.15) is 5.82 Å². The Morgan fingerprint density at radius 3 is 2.45 bits per heavy atom. The minimum absolute atomic E-state index is 0.342. The van der Waals surface area contributed by atoms with Gasteiger partial charge < -0.3 is 10.2 Å². The van der Waals surface area contributed by atoms with Gasteiger partial charge in [0.2, 0.25) is 5.96 Å². The van der Waals surface area contributed by atoms with E-state index in [2.05, 4.69) is 36.6 Å². The number of guanidine groups is 1. The van der Waals surface area contributed by atoms with Gasteiger partial charge in [0.05, 0.1) is 5.69 Å². The van der Waals surface area contributed by atoms with Gasteiger partial charge in [0, 0.05) is 31.5 Å². The van der Waals surface area contributed by atoms with Crippen LogP contribution in [0.15, 0.2) is 65.7 Å². The Kier molecular flexibility index (Phi) is 6.43. The lowest BCUT2D eigenvalue weighted by Crippen LogP contribution is -2.44. The molecule has 9 heteroatoms. The van der Waals surface area contributed by atoms with Crippen molar-refractivity contribution in [1.82, 2.24) is 20.8 Å². The van der Waals surface area contributed by atoms with Crippen LogP contribution in [0.4, 0.5) is 28.7 Å². The second-order valence-corrected chi connectivity index (χ2v) is 6.45. The average Bonchev–Trinajstić information content (AvgIpc) is 2.71. The Bertz CT molecular complexity index is 971.